The summed E-state index contributed by atoms with van der Waals surface area (Å²) in [5, 5.41) is 11.1. The second-order valence-corrected chi connectivity index (χ2v) is 7.64. The molecule has 2 heterocycles. The summed E-state index contributed by atoms with van der Waals surface area (Å²) in [6.07, 6.45) is 2.38. The molecule has 160 valence electrons. The van der Waals surface area contributed by atoms with E-state index in [0.29, 0.717) is 31.0 Å². The number of carbonyl (C=O) groups is 2. The summed E-state index contributed by atoms with van der Waals surface area (Å²) in [6, 6.07) is 7.86. The van der Waals surface area contributed by atoms with Crippen molar-refractivity contribution >= 4 is 17.4 Å². The van der Waals surface area contributed by atoms with Crippen LogP contribution in [0.2, 0.25) is 0 Å². The normalized spacial score (nSPS) is 18.4. The highest BCUT2D eigenvalue weighted by Crippen LogP contribution is 2.39. The van der Waals surface area contributed by atoms with Gasteiger partial charge in [-0.05, 0) is 63.3 Å². The number of nitrogens with zero attached hydrogens (tertiary/aromatic N) is 2. The Morgan fingerprint density at radius 2 is 2.03 bits per heavy atom. The van der Waals surface area contributed by atoms with Crippen LogP contribution in [0.1, 0.15) is 36.3 Å². The number of aliphatic hydroxyl groups is 1. The Hall–Kier alpha value is -3.06. The van der Waals surface area contributed by atoms with Gasteiger partial charge in [-0.3, -0.25) is 9.59 Å². The molecule has 1 saturated heterocycles. The van der Waals surface area contributed by atoms with Crippen LogP contribution in [0.4, 0.5) is 0 Å². The highest BCUT2D eigenvalue weighted by molar-refractivity contribution is 6.46. The maximum absolute atomic E-state index is 12.9. The number of aryl methyl sites for hydroxylation is 1. The van der Waals surface area contributed by atoms with Crippen molar-refractivity contribution in [2.24, 2.45) is 0 Å². The molecule has 2 aromatic rings. The number of rotatable bonds is 8. The zero-order chi connectivity index (χ0) is 21.8. The number of amides is 1. The Bertz CT molecular complexity index is 947. The number of hydrogen-bond donors (Lipinski definition) is 1. The molecule has 1 unspecified atom stereocenters. The average Bonchev–Trinajstić information content (AvgIpc) is 3.32. The Kier molecular flexibility index (Phi) is 6.62. The van der Waals surface area contributed by atoms with Crippen molar-refractivity contribution in [3.8, 4) is 5.75 Å². The van der Waals surface area contributed by atoms with E-state index >= 15 is 0 Å². The van der Waals surface area contributed by atoms with Gasteiger partial charge in [0, 0.05) is 18.7 Å². The van der Waals surface area contributed by atoms with Crippen LogP contribution >= 0.6 is 0 Å². The molecule has 1 aromatic carbocycles. The number of ether oxygens (including phenoxy) is 1. The molecule has 1 aromatic heterocycles. The minimum Gasteiger partial charge on any atom is -0.507 e. The van der Waals surface area contributed by atoms with Gasteiger partial charge in [0.25, 0.3) is 11.7 Å². The first-order chi connectivity index (χ1) is 14.3. The molecule has 1 aliphatic heterocycles. The van der Waals surface area contributed by atoms with Gasteiger partial charge in [0.2, 0.25) is 0 Å². The number of Topliss-reactive ketones (excluding diaryl/α,β-unsaturated/α-hetero) is 1. The molecule has 7 heteroatoms. The van der Waals surface area contributed by atoms with Gasteiger partial charge in [0.15, 0.2) is 0 Å². The van der Waals surface area contributed by atoms with E-state index < -0.39 is 17.7 Å². The number of furan rings is 1. The molecule has 7 nitrogen and oxygen atoms in total. The first kappa shape index (κ1) is 21.6. The van der Waals surface area contributed by atoms with Crippen molar-refractivity contribution in [1.82, 2.24) is 9.80 Å². The van der Waals surface area contributed by atoms with Gasteiger partial charge in [-0.25, -0.2) is 0 Å². The topological polar surface area (TPSA) is 83.2 Å². The third-order valence-corrected chi connectivity index (χ3v) is 5.05. The standard InChI is InChI=1S/C23H28N2O5/c1-5-12-29-17-9-8-16(14-15(17)2)21(26)19-20(18-7-6-13-30-18)25(11-10-24(3)4)23(28)22(19)27/h6-9,13-14,20,26H,5,10-12H2,1-4H3/b21-19-. The molecule has 1 atom stereocenters. The van der Waals surface area contributed by atoms with Crippen LogP contribution in [-0.4, -0.2) is 60.4 Å². The van der Waals surface area contributed by atoms with Crippen LogP contribution in [0.15, 0.2) is 46.6 Å². The lowest BCUT2D eigenvalue weighted by Gasteiger charge is -2.24. The monoisotopic (exact) mass is 412 g/mol. The Balaban J connectivity index is 2.04. The SMILES string of the molecule is CCCOc1ccc(/C(O)=C2/C(=O)C(=O)N(CCN(C)C)C2c2ccco2)cc1C. The average molecular weight is 412 g/mol. The number of aliphatic hydroxyl groups excluding tert-OH is 1. The molecule has 1 N–H and O–H groups in total. The zero-order valence-corrected chi connectivity index (χ0v) is 17.8. The van der Waals surface area contributed by atoms with Gasteiger partial charge in [0.05, 0.1) is 18.4 Å². The lowest BCUT2D eigenvalue weighted by atomic mass is 9.98. The van der Waals surface area contributed by atoms with E-state index in [9.17, 15) is 14.7 Å². The van der Waals surface area contributed by atoms with E-state index in [1.54, 1.807) is 30.3 Å². The summed E-state index contributed by atoms with van der Waals surface area (Å²) in [5.74, 6) is -0.403. The second kappa shape index (κ2) is 9.17. The highest BCUT2D eigenvalue weighted by atomic mass is 16.5. The molecule has 1 amide bonds. The van der Waals surface area contributed by atoms with Crippen LogP contribution in [-0.2, 0) is 9.59 Å². The third-order valence-electron chi connectivity index (χ3n) is 5.05. The molecule has 1 fully saturated rings. The molecule has 0 aliphatic carbocycles. The van der Waals surface area contributed by atoms with Crippen molar-refractivity contribution in [1.29, 1.82) is 0 Å². The Morgan fingerprint density at radius 3 is 2.63 bits per heavy atom. The molecule has 3 rings (SSSR count). The largest absolute Gasteiger partial charge is 0.507 e. The predicted molar refractivity (Wildman–Crippen MR) is 113 cm³/mol. The highest BCUT2D eigenvalue weighted by Gasteiger charge is 2.47. The van der Waals surface area contributed by atoms with E-state index in [0.717, 1.165) is 17.7 Å². The number of likely N-dealkylation sites (tertiary alicyclic amines) is 1. The maximum Gasteiger partial charge on any atom is 0.295 e. The van der Waals surface area contributed by atoms with E-state index in [1.165, 1.54) is 11.2 Å². The first-order valence-electron chi connectivity index (χ1n) is 10.1. The fourth-order valence-electron chi connectivity index (χ4n) is 3.49. The molecule has 0 bridgehead atoms. The minimum absolute atomic E-state index is 0.0373. The fraction of sp³-hybridized carbons (Fsp3) is 0.391. The summed E-state index contributed by atoms with van der Waals surface area (Å²) in [7, 11) is 3.78. The van der Waals surface area contributed by atoms with Gasteiger partial charge in [-0.15, -0.1) is 0 Å². The van der Waals surface area contributed by atoms with Crippen molar-refractivity contribution in [2.75, 3.05) is 33.8 Å². The zero-order valence-electron chi connectivity index (χ0n) is 17.8. The van der Waals surface area contributed by atoms with Gasteiger partial charge >= 0.3 is 0 Å². The Labute approximate surface area is 176 Å². The quantitative estimate of drug-likeness (QED) is 0.407. The molecule has 1 aliphatic rings. The molecular weight excluding hydrogens is 384 g/mol. The number of ketones is 1. The molecule has 0 saturated carbocycles. The summed E-state index contributed by atoms with van der Waals surface area (Å²) in [5.41, 5.74) is 1.33. The molecule has 30 heavy (non-hydrogen) atoms. The fourth-order valence-corrected chi connectivity index (χ4v) is 3.49. The summed E-state index contributed by atoms with van der Waals surface area (Å²) in [4.78, 5) is 29.0. The Morgan fingerprint density at radius 1 is 1.27 bits per heavy atom. The van der Waals surface area contributed by atoms with E-state index in [4.69, 9.17) is 9.15 Å². The summed E-state index contributed by atoms with van der Waals surface area (Å²) in [6.45, 7) is 5.41. The van der Waals surface area contributed by atoms with Gasteiger partial charge in [-0.2, -0.15) is 0 Å². The molecular formula is C23H28N2O5. The number of benzene rings is 1. The van der Waals surface area contributed by atoms with Gasteiger partial charge in [0.1, 0.15) is 23.3 Å². The van der Waals surface area contributed by atoms with Gasteiger partial charge < -0.3 is 24.1 Å². The summed E-state index contributed by atoms with van der Waals surface area (Å²) < 4.78 is 11.2. The van der Waals surface area contributed by atoms with Gasteiger partial charge in [-0.1, -0.05) is 6.92 Å². The molecule has 0 spiro atoms. The lowest BCUT2D eigenvalue weighted by molar-refractivity contribution is -0.140. The predicted octanol–water partition coefficient (Wildman–Crippen LogP) is 3.36. The number of hydrogen-bond acceptors (Lipinski definition) is 6. The maximum atomic E-state index is 12.9. The van der Waals surface area contributed by atoms with Crippen molar-refractivity contribution in [3.63, 3.8) is 0 Å². The van der Waals surface area contributed by atoms with E-state index in [2.05, 4.69) is 0 Å². The van der Waals surface area contributed by atoms with E-state index in [1.807, 2.05) is 32.8 Å². The number of carbonyl (C=O) groups excluding carboxylic acids is 2. The van der Waals surface area contributed by atoms with Crippen molar-refractivity contribution in [3.05, 3.63) is 59.1 Å². The number of likely N-dealkylation sites (N-methyl/N-ethyl adjacent to an activating group) is 1. The lowest BCUT2D eigenvalue weighted by Crippen LogP contribution is -2.35. The van der Waals surface area contributed by atoms with Crippen LogP contribution in [0.25, 0.3) is 5.76 Å². The smallest absolute Gasteiger partial charge is 0.295 e. The van der Waals surface area contributed by atoms with Crippen molar-refractivity contribution < 1.29 is 23.8 Å². The van der Waals surface area contributed by atoms with Crippen LogP contribution in [0.3, 0.4) is 0 Å². The van der Waals surface area contributed by atoms with Crippen molar-refractivity contribution in [2.45, 2.75) is 26.3 Å². The van der Waals surface area contributed by atoms with Crippen LogP contribution in [0, 0.1) is 6.92 Å². The third kappa shape index (κ3) is 4.26. The molecule has 0 radical (unpaired) electrons. The second-order valence-electron chi connectivity index (χ2n) is 7.64. The van der Waals surface area contributed by atoms with Crippen LogP contribution < -0.4 is 4.74 Å². The van der Waals surface area contributed by atoms with E-state index in [-0.39, 0.29) is 11.3 Å². The summed E-state index contributed by atoms with van der Waals surface area (Å²) >= 11 is 0. The minimum atomic E-state index is -0.767. The van der Waals surface area contributed by atoms with Crippen LogP contribution in [0.5, 0.6) is 5.75 Å². The first-order valence-corrected chi connectivity index (χ1v) is 10.1.